The number of para-hydroxylation sites is 2. The molecule has 0 N–H and O–H groups in total. The Morgan fingerprint density at radius 1 is 0.488 bits per heavy atom. The van der Waals surface area contributed by atoms with E-state index in [-0.39, 0.29) is 0 Å². The van der Waals surface area contributed by atoms with Crippen LogP contribution in [-0.4, -0.2) is 27.6 Å². The molecule has 7 rings (SSSR count). The zero-order chi connectivity index (χ0) is 29.4. The van der Waals surface area contributed by atoms with Crippen LogP contribution in [0.15, 0.2) is 127 Å². The van der Waals surface area contributed by atoms with Crippen molar-refractivity contribution >= 4 is 29.9 Å². The summed E-state index contributed by atoms with van der Waals surface area (Å²) in [6.45, 7) is 6.75. The number of hydrogen-bond donors (Lipinski definition) is 0. The van der Waals surface area contributed by atoms with Crippen LogP contribution in [0.2, 0.25) is 19.6 Å². The van der Waals surface area contributed by atoms with Gasteiger partial charge in [-0.15, -0.1) is 5.54 Å². The van der Waals surface area contributed by atoms with Gasteiger partial charge in [0.2, 0.25) is 0 Å². The fourth-order valence-corrected chi connectivity index (χ4v) is 5.79. The molecule has 7 aromatic rings. The molecule has 0 fully saturated rings. The van der Waals surface area contributed by atoms with E-state index in [2.05, 4.69) is 121 Å². The highest BCUT2D eigenvalue weighted by atomic mass is 28.3. The Balaban J connectivity index is 1.31. The van der Waals surface area contributed by atoms with Gasteiger partial charge in [0.05, 0.1) is 11.0 Å². The molecule has 5 aromatic carbocycles. The summed E-state index contributed by atoms with van der Waals surface area (Å²) < 4.78 is 2.31. The zero-order valence-electron chi connectivity index (χ0n) is 24.4. The van der Waals surface area contributed by atoms with E-state index in [4.69, 9.17) is 15.0 Å². The first kappa shape index (κ1) is 26.6. The smallest absolute Gasteiger partial charge is 0.164 e. The standard InChI is InChI=1S/C38H30N4Si/c1-43(2,3)26-25-27-17-19-29(20-18-27)37-39-36(28-11-5-4-6-12-28)40-38(41-37)30-21-23-31(24-22-30)42-34-15-9-7-13-32(34)33-14-8-10-16-35(33)42/h4-24H,1-3H3. The molecule has 0 spiro atoms. The summed E-state index contributed by atoms with van der Waals surface area (Å²) in [4.78, 5) is 14.8. The van der Waals surface area contributed by atoms with Crippen LogP contribution in [0.1, 0.15) is 5.56 Å². The molecular formula is C38H30N4Si. The quantitative estimate of drug-likeness (QED) is 0.156. The van der Waals surface area contributed by atoms with Crippen molar-refractivity contribution in [1.82, 2.24) is 19.5 Å². The van der Waals surface area contributed by atoms with Crippen molar-refractivity contribution in [1.29, 1.82) is 0 Å². The van der Waals surface area contributed by atoms with Gasteiger partial charge in [-0.05, 0) is 60.7 Å². The minimum Gasteiger partial charge on any atom is -0.309 e. The molecule has 43 heavy (non-hydrogen) atoms. The third kappa shape index (κ3) is 5.37. The fourth-order valence-electron chi connectivity index (χ4n) is 5.27. The fraction of sp³-hybridized carbons (Fsp3) is 0.0789. The van der Waals surface area contributed by atoms with E-state index in [0.717, 1.165) is 27.9 Å². The lowest BCUT2D eigenvalue weighted by molar-refractivity contribution is 1.07. The van der Waals surface area contributed by atoms with Crippen molar-refractivity contribution in [2.75, 3.05) is 0 Å². The second-order valence-corrected chi connectivity index (χ2v) is 16.4. The first-order valence-corrected chi connectivity index (χ1v) is 18.0. The normalized spacial score (nSPS) is 11.4. The highest BCUT2D eigenvalue weighted by molar-refractivity contribution is 6.83. The van der Waals surface area contributed by atoms with Crippen molar-refractivity contribution < 1.29 is 0 Å². The molecule has 5 heteroatoms. The second kappa shape index (κ2) is 10.8. The Morgan fingerprint density at radius 3 is 1.44 bits per heavy atom. The van der Waals surface area contributed by atoms with Gasteiger partial charge in [0, 0.05) is 38.7 Å². The third-order valence-electron chi connectivity index (χ3n) is 7.36. The van der Waals surface area contributed by atoms with Gasteiger partial charge in [-0.2, -0.15) is 0 Å². The lowest BCUT2D eigenvalue weighted by Gasteiger charge is -2.11. The molecule has 0 radical (unpaired) electrons. The molecule has 0 saturated heterocycles. The summed E-state index contributed by atoms with van der Waals surface area (Å²) in [5, 5.41) is 2.49. The zero-order valence-corrected chi connectivity index (χ0v) is 25.4. The maximum absolute atomic E-state index is 4.95. The van der Waals surface area contributed by atoms with Crippen LogP contribution in [0.3, 0.4) is 0 Å². The molecule has 0 aliphatic heterocycles. The number of hydrogen-bond acceptors (Lipinski definition) is 3. The molecule has 0 saturated carbocycles. The minimum absolute atomic E-state index is 0.639. The molecule has 0 aliphatic carbocycles. The van der Waals surface area contributed by atoms with Crippen LogP contribution < -0.4 is 0 Å². The van der Waals surface area contributed by atoms with E-state index in [9.17, 15) is 0 Å². The molecule has 0 amide bonds. The van der Waals surface area contributed by atoms with Gasteiger partial charge in [0.25, 0.3) is 0 Å². The maximum Gasteiger partial charge on any atom is 0.164 e. The van der Waals surface area contributed by atoms with Crippen LogP contribution in [0.5, 0.6) is 0 Å². The number of nitrogens with zero attached hydrogens (tertiary/aromatic N) is 4. The summed E-state index contributed by atoms with van der Waals surface area (Å²) in [6.07, 6.45) is 0. The molecule has 206 valence electrons. The first-order valence-electron chi connectivity index (χ1n) is 14.5. The van der Waals surface area contributed by atoms with Gasteiger partial charge < -0.3 is 4.57 Å². The lowest BCUT2D eigenvalue weighted by atomic mass is 10.1. The lowest BCUT2D eigenvalue weighted by Crippen LogP contribution is -2.16. The average Bonchev–Trinajstić information content (AvgIpc) is 3.38. The van der Waals surface area contributed by atoms with E-state index in [1.165, 1.54) is 21.8 Å². The van der Waals surface area contributed by atoms with Gasteiger partial charge in [-0.1, -0.05) is 92.3 Å². The predicted molar refractivity (Wildman–Crippen MR) is 181 cm³/mol. The average molecular weight is 571 g/mol. The maximum atomic E-state index is 4.95. The minimum atomic E-state index is -1.45. The monoisotopic (exact) mass is 570 g/mol. The van der Waals surface area contributed by atoms with Gasteiger partial charge in [-0.3, -0.25) is 0 Å². The van der Waals surface area contributed by atoms with Crippen molar-refractivity contribution in [3.05, 3.63) is 133 Å². The van der Waals surface area contributed by atoms with E-state index in [1.54, 1.807) is 0 Å². The van der Waals surface area contributed by atoms with Crippen LogP contribution in [0.25, 0.3) is 61.7 Å². The van der Waals surface area contributed by atoms with Gasteiger partial charge >= 0.3 is 0 Å². The molecular weight excluding hydrogens is 541 g/mol. The van der Waals surface area contributed by atoms with E-state index >= 15 is 0 Å². The van der Waals surface area contributed by atoms with Crippen molar-refractivity contribution in [2.45, 2.75) is 19.6 Å². The van der Waals surface area contributed by atoms with Crippen molar-refractivity contribution in [3.8, 4) is 51.3 Å². The van der Waals surface area contributed by atoms with Crippen LogP contribution in [-0.2, 0) is 0 Å². The Morgan fingerprint density at radius 2 is 0.930 bits per heavy atom. The van der Waals surface area contributed by atoms with Crippen molar-refractivity contribution in [3.63, 3.8) is 0 Å². The van der Waals surface area contributed by atoms with E-state index < -0.39 is 8.07 Å². The topological polar surface area (TPSA) is 43.6 Å². The SMILES string of the molecule is C[Si](C)(C)C#Cc1ccc(-c2nc(-c3ccccc3)nc(-c3ccc(-n4c5ccccc5c5ccccc54)cc3)n2)cc1. The summed E-state index contributed by atoms with van der Waals surface area (Å²) in [7, 11) is -1.45. The molecule has 2 heterocycles. The Hall–Kier alpha value is -5.31. The number of aromatic nitrogens is 4. The molecule has 0 bridgehead atoms. The molecule has 2 aromatic heterocycles. The molecule has 4 nitrogen and oxygen atoms in total. The number of fused-ring (bicyclic) bond motifs is 3. The Kier molecular flexibility index (Phi) is 6.69. The van der Waals surface area contributed by atoms with Gasteiger partial charge in [0.15, 0.2) is 17.5 Å². The largest absolute Gasteiger partial charge is 0.309 e. The van der Waals surface area contributed by atoms with Crippen LogP contribution in [0.4, 0.5) is 0 Å². The highest BCUT2D eigenvalue weighted by Crippen LogP contribution is 2.32. The van der Waals surface area contributed by atoms with Gasteiger partial charge in [0.1, 0.15) is 8.07 Å². The van der Waals surface area contributed by atoms with E-state index in [0.29, 0.717) is 17.5 Å². The Bertz CT molecular complexity index is 2090. The van der Waals surface area contributed by atoms with Gasteiger partial charge in [-0.25, -0.2) is 15.0 Å². The number of benzene rings is 5. The van der Waals surface area contributed by atoms with Crippen LogP contribution >= 0.6 is 0 Å². The van der Waals surface area contributed by atoms with E-state index in [1.807, 2.05) is 42.5 Å². The highest BCUT2D eigenvalue weighted by Gasteiger charge is 2.15. The molecule has 0 atom stereocenters. The Labute approximate surface area is 252 Å². The summed E-state index contributed by atoms with van der Waals surface area (Å²) in [5.41, 5.74) is 10.7. The molecule has 0 aliphatic rings. The number of rotatable bonds is 4. The third-order valence-corrected chi connectivity index (χ3v) is 8.23. The predicted octanol–water partition coefficient (Wildman–Crippen LogP) is 9.20. The second-order valence-electron chi connectivity index (χ2n) is 11.7. The summed E-state index contributed by atoms with van der Waals surface area (Å²) >= 11 is 0. The summed E-state index contributed by atoms with van der Waals surface area (Å²) in [6, 6.07) is 43.9. The van der Waals surface area contributed by atoms with Crippen molar-refractivity contribution in [2.24, 2.45) is 0 Å². The molecule has 0 unspecified atom stereocenters. The summed E-state index contributed by atoms with van der Waals surface area (Å²) in [5.74, 6) is 5.26. The first-order chi connectivity index (χ1) is 20.9. The van der Waals surface area contributed by atoms with Crippen LogP contribution in [0, 0.1) is 11.5 Å².